The largest absolute Gasteiger partial charge is 0.461 e. The van der Waals surface area contributed by atoms with Crippen molar-refractivity contribution in [3.8, 4) is 0 Å². The lowest BCUT2D eigenvalue weighted by Crippen LogP contribution is -2.54. The fraction of sp³-hybridized carbons (Fsp3) is 0.966. The molecule has 3 heteroatoms. The number of ether oxygens (including phenoxy) is 1. The van der Waals surface area contributed by atoms with Crippen LogP contribution in [-0.4, -0.2) is 18.0 Å². The van der Waals surface area contributed by atoms with Crippen molar-refractivity contribution in [2.75, 3.05) is 5.88 Å². The van der Waals surface area contributed by atoms with Gasteiger partial charge in [-0.15, -0.1) is 11.6 Å². The lowest BCUT2D eigenvalue weighted by atomic mass is 9.44. The van der Waals surface area contributed by atoms with Gasteiger partial charge in [0.05, 0.1) is 0 Å². The van der Waals surface area contributed by atoms with E-state index in [4.69, 9.17) is 16.3 Å². The quantitative estimate of drug-likeness (QED) is 0.280. The molecule has 0 saturated heterocycles. The number of fused-ring (bicyclic) bond motifs is 5. The zero-order valence-electron chi connectivity index (χ0n) is 21.5. The van der Waals surface area contributed by atoms with Gasteiger partial charge in [0.1, 0.15) is 12.0 Å². The summed E-state index contributed by atoms with van der Waals surface area (Å²) in [4.78, 5) is 11.7. The van der Waals surface area contributed by atoms with Crippen LogP contribution in [0.5, 0.6) is 0 Å². The molecule has 4 saturated carbocycles. The zero-order chi connectivity index (χ0) is 23.1. The predicted molar refractivity (Wildman–Crippen MR) is 134 cm³/mol. The molecule has 4 aliphatic rings. The van der Waals surface area contributed by atoms with Gasteiger partial charge >= 0.3 is 5.97 Å². The maximum atomic E-state index is 11.7. The van der Waals surface area contributed by atoms with E-state index in [0.29, 0.717) is 10.8 Å². The SMILES string of the molecule is CC(C)CCC[C@@H](C)C1CCC2C3CC[C@H]4CC(OC(=O)CCl)CCC4(C)C3CCC21C. The summed E-state index contributed by atoms with van der Waals surface area (Å²) in [5.74, 6) is 5.92. The number of carbonyl (C=O) groups is 1. The highest BCUT2D eigenvalue weighted by atomic mass is 35.5. The summed E-state index contributed by atoms with van der Waals surface area (Å²) in [5, 5.41) is 0. The Kier molecular flexibility index (Phi) is 7.61. The van der Waals surface area contributed by atoms with E-state index in [2.05, 4.69) is 34.6 Å². The molecule has 0 spiro atoms. The second-order valence-corrected chi connectivity index (χ2v) is 13.5. The van der Waals surface area contributed by atoms with Crippen LogP contribution in [0.4, 0.5) is 0 Å². The highest BCUT2D eigenvalue weighted by molar-refractivity contribution is 6.26. The maximum Gasteiger partial charge on any atom is 0.321 e. The first-order chi connectivity index (χ1) is 15.2. The van der Waals surface area contributed by atoms with Crippen LogP contribution >= 0.6 is 11.6 Å². The van der Waals surface area contributed by atoms with Crippen LogP contribution in [0.25, 0.3) is 0 Å². The van der Waals surface area contributed by atoms with Crippen LogP contribution < -0.4 is 0 Å². The fourth-order valence-corrected chi connectivity index (χ4v) is 9.63. The van der Waals surface area contributed by atoms with Gasteiger partial charge in [0.25, 0.3) is 0 Å². The van der Waals surface area contributed by atoms with Crippen molar-refractivity contribution in [1.82, 2.24) is 0 Å². The van der Waals surface area contributed by atoms with Gasteiger partial charge in [0.15, 0.2) is 0 Å². The van der Waals surface area contributed by atoms with E-state index in [1.165, 1.54) is 64.2 Å². The Bertz CT molecular complexity index is 662. The summed E-state index contributed by atoms with van der Waals surface area (Å²) in [7, 11) is 0. The second kappa shape index (κ2) is 9.79. The molecule has 4 fully saturated rings. The van der Waals surface area contributed by atoms with Crippen LogP contribution in [0.1, 0.15) is 112 Å². The molecule has 0 radical (unpaired) electrons. The van der Waals surface area contributed by atoms with E-state index in [0.717, 1.165) is 54.3 Å². The molecule has 184 valence electrons. The smallest absolute Gasteiger partial charge is 0.321 e. The van der Waals surface area contributed by atoms with Crippen molar-refractivity contribution in [3.05, 3.63) is 0 Å². The van der Waals surface area contributed by atoms with Gasteiger partial charge in [-0.1, -0.05) is 53.9 Å². The van der Waals surface area contributed by atoms with Crippen molar-refractivity contribution in [1.29, 1.82) is 0 Å². The van der Waals surface area contributed by atoms with Crippen molar-refractivity contribution in [3.63, 3.8) is 0 Å². The number of hydrogen-bond acceptors (Lipinski definition) is 2. The Morgan fingerprint density at radius 1 is 0.938 bits per heavy atom. The molecule has 7 unspecified atom stereocenters. The number of rotatable bonds is 7. The number of carbonyl (C=O) groups excluding carboxylic acids is 1. The van der Waals surface area contributed by atoms with E-state index in [1.807, 2.05) is 0 Å². The maximum absolute atomic E-state index is 11.7. The lowest BCUT2D eigenvalue weighted by Gasteiger charge is -2.61. The third kappa shape index (κ3) is 4.52. The van der Waals surface area contributed by atoms with Gasteiger partial charge in [-0.25, -0.2) is 0 Å². The third-order valence-electron chi connectivity index (χ3n) is 11.2. The monoisotopic (exact) mass is 464 g/mol. The third-order valence-corrected chi connectivity index (χ3v) is 11.4. The minimum Gasteiger partial charge on any atom is -0.461 e. The van der Waals surface area contributed by atoms with Gasteiger partial charge in [-0.3, -0.25) is 4.79 Å². The molecule has 0 N–H and O–H groups in total. The summed E-state index contributed by atoms with van der Waals surface area (Å²) >= 11 is 5.69. The molecule has 0 aromatic carbocycles. The van der Waals surface area contributed by atoms with Gasteiger partial charge in [-0.05, 0) is 110 Å². The normalized spacial score (nSPS) is 44.5. The lowest BCUT2D eigenvalue weighted by molar-refractivity contribution is -0.160. The molecule has 4 aliphatic carbocycles. The molecule has 0 aliphatic heterocycles. The van der Waals surface area contributed by atoms with Gasteiger partial charge < -0.3 is 4.74 Å². The first-order valence-electron chi connectivity index (χ1n) is 13.9. The van der Waals surface area contributed by atoms with Crippen LogP contribution in [-0.2, 0) is 9.53 Å². The standard InChI is InChI=1S/C29H49ClO2/c1-19(2)7-6-8-20(3)24-11-12-25-23-10-9-21-17-22(32-27(31)18-30)13-15-28(21,4)26(23)14-16-29(24,25)5/h19-26H,6-18H2,1-5H3/t20-,21+,22?,23?,24?,25?,26?,28?,29?/m1/s1. The average Bonchev–Trinajstić information content (AvgIpc) is 3.11. The molecule has 0 bridgehead atoms. The van der Waals surface area contributed by atoms with E-state index in [-0.39, 0.29) is 18.0 Å². The van der Waals surface area contributed by atoms with Crippen LogP contribution in [0.2, 0.25) is 0 Å². The Labute approximate surface area is 203 Å². The first kappa shape index (κ1) is 24.9. The van der Waals surface area contributed by atoms with Crippen molar-refractivity contribution >= 4 is 17.6 Å². The molecule has 0 amide bonds. The Balaban J connectivity index is 1.42. The summed E-state index contributed by atoms with van der Waals surface area (Å²) in [6.07, 6.45) is 16.3. The van der Waals surface area contributed by atoms with E-state index < -0.39 is 0 Å². The molecule has 2 nitrogen and oxygen atoms in total. The van der Waals surface area contributed by atoms with Crippen LogP contribution in [0, 0.1) is 52.3 Å². The van der Waals surface area contributed by atoms with E-state index in [9.17, 15) is 4.79 Å². The van der Waals surface area contributed by atoms with Crippen molar-refractivity contribution in [2.24, 2.45) is 52.3 Å². The zero-order valence-corrected chi connectivity index (χ0v) is 22.3. The van der Waals surface area contributed by atoms with Crippen LogP contribution in [0.3, 0.4) is 0 Å². The Hall–Kier alpha value is -0.240. The number of esters is 1. The van der Waals surface area contributed by atoms with Crippen molar-refractivity contribution in [2.45, 2.75) is 118 Å². The number of alkyl halides is 1. The summed E-state index contributed by atoms with van der Waals surface area (Å²) in [6, 6.07) is 0. The summed E-state index contributed by atoms with van der Waals surface area (Å²) < 4.78 is 5.67. The highest BCUT2D eigenvalue weighted by Crippen LogP contribution is 2.68. The average molecular weight is 465 g/mol. The molecule has 0 aromatic heterocycles. The van der Waals surface area contributed by atoms with Gasteiger partial charge in [-0.2, -0.15) is 0 Å². The highest BCUT2D eigenvalue weighted by Gasteiger charge is 2.60. The van der Waals surface area contributed by atoms with Gasteiger partial charge in [0, 0.05) is 0 Å². The minimum atomic E-state index is -0.234. The number of hydrogen-bond donors (Lipinski definition) is 0. The Morgan fingerprint density at radius 3 is 2.38 bits per heavy atom. The minimum absolute atomic E-state index is 0.0134. The van der Waals surface area contributed by atoms with E-state index in [1.54, 1.807) is 0 Å². The summed E-state index contributed by atoms with van der Waals surface area (Å²) in [6.45, 7) is 12.6. The van der Waals surface area contributed by atoms with Crippen LogP contribution in [0.15, 0.2) is 0 Å². The summed E-state index contributed by atoms with van der Waals surface area (Å²) in [5.41, 5.74) is 1.03. The second-order valence-electron chi connectivity index (χ2n) is 13.2. The molecule has 32 heavy (non-hydrogen) atoms. The van der Waals surface area contributed by atoms with Crippen molar-refractivity contribution < 1.29 is 9.53 Å². The predicted octanol–water partition coefficient (Wildman–Crippen LogP) is 8.26. The van der Waals surface area contributed by atoms with Gasteiger partial charge in [0.2, 0.25) is 0 Å². The topological polar surface area (TPSA) is 26.3 Å². The molecule has 4 rings (SSSR count). The number of halogens is 1. The molecular weight excluding hydrogens is 416 g/mol. The fourth-order valence-electron chi connectivity index (χ4n) is 9.57. The molecule has 0 heterocycles. The molecular formula is C29H49ClO2. The first-order valence-corrected chi connectivity index (χ1v) is 14.5. The molecule has 9 atom stereocenters. The Morgan fingerprint density at radius 2 is 1.66 bits per heavy atom. The molecule has 0 aromatic rings. The van der Waals surface area contributed by atoms with E-state index >= 15 is 0 Å².